The molecule has 5 aliphatic rings. The Morgan fingerprint density at radius 2 is 1.89 bits per heavy atom. The lowest BCUT2D eigenvalue weighted by molar-refractivity contribution is -0.157. The number of Topliss-reactive ketones (excluding diaryl/α,β-unsaturated/α-hetero) is 1. The standard InChI is InChI=1S/C31H31N3O9S/c1-12-6-15-7-16-17(8-32)34-18-9-40-31(38)19(36)10-44-30(24(34)23(33(16)4)20(15)25(37)26(12)39-5)22-21(18)29-28(41-11-42-29)13(2)27(22)43-14(3)35/h6,16-18,23-24,30,37H,7,9-11H2,1-5H3/t16-,17+,18-,23-,24?,30-/m1/s1. The molecule has 2 saturated heterocycles. The zero-order valence-corrected chi connectivity index (χ0v) is 25.6. The van der Waals surface area contributed by atoms with Gasteiger partial charge in [0, 0.05) is 41.3 Å². The van der Waals surface area contributed by atoms with Crippen molar-refractivity contribution >= 4 is 29.5 Å². The van der Waals surface area contributed by atoms with Gasteiger partial charge in [-0.25, -0.2) is 4.79 Å². The van der Waals surface area contributed by atoms with Gasteiger partial charge in [0.15, 0.2) is 23.0 Å². The van der Waals surface area contributed by atoms with Crippen LogP contribution in [0.15, 0.2) is 6.07 Å². The van der Waals surface area contributed by atoms with Gasteiger partial charge in [-0.15, -0.1) is 11.8 Å². The fraction of sp³-hybridized carbons (Fsp3) is 0.484. The van der Waals surface area contributed by atoms with Crippen LogP contribution in [-0.4, -0.2) is 84.1 Å². The molecule has 0 aromatic heterocycles. The van der Waals surface area contributed by atoms with Gasteiger partial charge in [-0.3, -0.25) is 19.4 Å². The van der Waals surface area contributed by atoms with Crippen molar-refractivity contribution in [3.63, 3.8) is 0 Å². The number of methoxy groups -OCH3 is 1. The van der Waals surface area contributed by atoms with E-state index >= 15 is 0 Å². The number of nitriles is 1. The number of likely N-dealkylation sites (N-methyl/N-ethyl adjacent to an activating group) is 1. The molecule has 6 atom stereocenters. The molecule has 12 nitrogen and oxygen atoms in total. The summed E-state index contributed by atoms with van der Waals surface area (Å²) in [7, 11) is 3.45. The molecule has 13 heteroatoms. The highest BCUT2D eigenvalue weighted by Crippen LogP contribution is 2.63. The molecule has 2 aromatic rings. The topological polar surface area (TPSA) is 148 Å². The van der Waals surface area contributed by atoms with E-state index in [1.807, 2.05) is 20.0 Å². The summed E-state index contributed by atoms with van der Waals surface area (Å²) in [5.41, 5.74) is 4.16. The molecule has 1 N–H and O–H groups in total. The first-order valence-electron chi connectivity index (χ1n) is 14.3. The van der Waals surface area contributed by atoms with Crippen molar-refractivity contribution in [3.05, 3.63) is 39.4 Å². The number of hydrogen-bond donors (Lipinski definition) is 1. The quantitative estimate of drug-likeness (QED) is 0.298. The number of ether oxygens (including phenoxy) is 5. The third-order valence-corrected chi connectivity index (χ3v) is 10.8. The highest BCUT2D eigenvalue weighted by molar-refractivity contribution is 8.00. The number of carbonyl (C=O) groups excluding carboxylic acids is 3. The minimum absolute atomic E-state index is 0.0240. The van der Waals surface area contributed by atoms with Crippen LogP contribution < -0.4 is 18.9 Å². The van der Waals surface area contributed by atoms with Crippen LogP contribution in [0.2, 0.25) is 0 Å². The van der Waals surface area contributed by atoms with E-state index in [9.17, 15) is 24.8 Å². The second-order valence-electron chi connectivity index (χ2n) is 11.8. The molecular formula is C31H31N3O9S. The summed E-state index contributed by atoms with van der Waals surface area (Å²) in [4.78, 5) is 42.3. The molecule has 0 amide bonds. The first-order chi connectivity index (χ1) is 21.1. The lowest BCUT2D eigenvalue weighted by atomic mass is 9.71. The lowest BCUT2D eigenvalue weighted by Gasteiger charge is -2.61. The summed E-state index contributed by atoms with van der Waals surface area (Å²) in [5.74, 6) is -0.855. The van der Waals surface area contributed by atoms with Gasteiger partial charge in [0.25, 0.3) is 0 Å². The van der Waals surface area contributed by atoms with Gasteiger partial charge in [0.1, 0.15) is 18.4 Å². The maximum atomic E-state index is 12.9. The van der Waals surface area contributed by atoms with Gasteiger partial charge in [0.05, 0.1) is 36.3 Å². The molecule has 0 saturated carbocycles. The number of piperazine rings is 1. The lowest BCUT2D eigenvalue weighted by Crippen LogP contribution is -2.69. The van der Waals surface area contributed by atoms with Crippen molar-refractivity contribution in [2.24, 2.45) is 0 Å². The number of benzene rings is 2. The highest BCUT2D eigenvalue weighted by atomic mass is 32.2. The maximum absolute atomic E-state index is 12.9. The summed E-state index contributed by atoms with van der Waals surface area (Å²) in [5, 5.41) is 21.9. The zero-order valence-electron chi connectivity index (χ0n) is 24.8. The van der Waals surface area contributed by atoms with Gasteiger partial charge in [-0.1, -0.05) is 6.07 Å². The second-order valence-corrected chi connectivity index (χ2v) is 12.9. The number of fused-ring (bicyclic) bond motifs is 9. The Balaban J connectivity index is 1.57. The number of cyclic esters (lactones) is 1. The first kappa shape index (κ1) is 28.8. The molecule has 4 bridgehead atoms. The fourth-order valence-corrected chi connectivity index (χ4v) is 9.23. The summed E-state index contributed by atoms with van der Waals surface area (Å²) in [6.07, 6.45) is 0.488. The highest BCUT2D eigenvalue weighted by Gasteiger charge is 2.60. The number of aryl methyl sites for hydroxylation is 1. The van der Waals surface area contributed by atoms with Crippen molar-refractivity contribution in [3.8, 4) is 34.8 Å². The van der Waals surface area contributed by atoms with Gasteiger partial charge in [0.2, 0.25) is 12.6 Å². The number of rotatable bonds is 2. The van der Waals surface area contributed by atoms with Crippen LogP contribution >= 0.6 is 11.8 Å². The smallest absolute Gasteiger partial charge is 0.375 e. The molecular weight excluding hydrogens is 590 g/mol. The third kappa shape index (κ3) is 3.87. The number of carbonyl (C=O) groups is 3. The molecule has 5 heterocycles. The van der Waals surface area contributed by atoms with Crippen LogP contribution in [0.25, 0.3) is 0 Å². The molecule has 2 aromatic carbocycles. The van der Waals surface area contributed by atoms with E-state index in [1.165, 1.54) is 25.8 Å². The molecule has 230 valence electrons. The predicted molar refractivity (Wildman–Crippen MR) is 155 cm³/mol. The predicted octanol–water partition coefficient (Wildman–Crippen LogP) is 2.80. The molecule has 7 rings (SSSR count). The minimum Gasteiger partial charge on any atom is -0.504 e. The number of phenols is 1. The van der Waals surface area contributed by atoms with Crippen molar-refractivity contribution in [1.82, 2.24) is 9.80 Å². The largest absolute Gasteiger partial charge is 0.504 e. The number of thioether (sulfide) groups is 1. The Hall–Kier alpha value is -3.99. The Morgan fingerprint density at radius 3 is 2.59 bits per heavy atom. The average molecular weight is 622 g/mol. The average Bonchev–Trinajstić information content (AvgIpc) is 3.47. The first-order valence-corrected chi connectivity index (χ1v) is 15.4. The number of nitrogens with zero attached hydrogens (tertiary/aromatic N) is 3. The molecule has 0 aliphatic carbocycles. The maximum Gasteiger partial charge on any atom is 0.375 e. The summed E-state index contributed by atoms with van der Waals surface area (Å²) in [6.45, 7) is 4.65. The van der Waals surface area contributed by atoms with Gasteiger partial charge in [-0.2, -0.15) is 5.26 Å². The van der Waals surface area contributed by atoms with Gasteiger partial charge in [-0.05, 0) is 38.4 Å². The van der Waals surface area contributed by atoms with Crippen molar-refractivity contribution in [2.45, 2.75) is 62.7 Å². The van der Waals surface area contributed by atoms with E-state index in [1.54, 1.807) is 6.92 Å². The Bertz CT molecular complexity index is 1690. The van der Waals surface area contributed by atoms with Crippen LogP contribution in [0.4, 0.5) is 0 Å². The van der Waals surface area contributed by atoms with Gasteiger partial charge < -0.3 is 28.8 Å². The van der Waals surface area contributed by atoms with Crippen LogP contribution in [0, 0.1) is 25.2 Å². The van der Waals surface area contributed by atoms with Crippen LogP contribution in [0.3, 0.4) is 0 Å². The Morgan fingerprint density at radius 1 is 1.14 bits per heavy atom. The number of hydrogen-bond acceptors (Lipinski definition) is 13. The van der Waals surface area contributed by atoms with Gasteiger partial charge >= 0.3 is 11.9 Å². The SMILES string of the molecule is COc1c(C)cc2c(c1O)[C@@H]1C3[C@@H]4SCC(=O)C(=O)OC[C@H](c5c6c(c(C)c(OC(C)=O)c54)OCO6)N3[C@@H](C#N)[C@@H](C2)N1C. The van der Waals surface area contributed by atoms with Crippen molar-refractivity contribution in [1.29, 1.82) is 5.26 Å². The second kappa shape index (κ2) is 10.3. The third-order valence-electron chi connectivity index (χ3n) is 9.54. The number of ketones is 1. The summed E-state index contributed by atoms with van der Waals surface area (Å²) in [6, 6.07) is 1.81. The molecule has 0 radical (unpaired) electrons. The van der Waals surface area contributed by atoms with E-state index in [-0.39, 0.29) is 30.9 Å². The summed E-state index contributed by atoms with van der Waals surface area (Å²) < 4.78 is 29.0. The zero-order chi connectivity index (χ0) is 31.2. The molecule has 1 unspecified atom stereocenters. The summed E-state index contributed by atoms with van der Waals surface area (Å²) >= 11 is 1.22. The number of aromatic hydroxyl groups is 1. The molecule has 5 aliphatic heterocycles. The van der Waals surface area contributed by atoms with Crippen LogP contribution in [0.1, 0.15) is 57.6 Å². The molecule has 0 spiro atoms. The van der Waals surface area contributed by atoms with Crippen molar-refractivity contribution in [2.75, 3.05) is 33.3 Å². The fourth-order valence-electron chi connectivity index (χ4n) is 7.90. The normalized spacial score (nSPS) is 28.7. The monoisotopic (exact) mass is 621 g/mol. The number of phenolic OH excluding ortho intramolecular Hbond substituents is 1. The molecule has 44 heavy (non-hydrogen) atoms. The number of esters is 2. The Kier molecular flexibility index (Phi) is 6.73. The van der Waals surface area contributed by atoms with Crippen LogP contribution in [0.5, 0.6) is 28.7 Å². The van der Waals surface area contributed by atoms with E-state index in [4.69, 9.17) is 23.7 Å². The van der Waals surface area contributed by atoms with E-state index < -0.39 is 47.1 Å². The minimum atomic E-state index is -0.949. The van der Waals surface area contributed by atoms with E-state index in [0.29, 0.717) is 51.7 Å². The van der Waals surface area contributed by atoms with Crippen molar-refractivity contribution < 1.29 is 43.2 Å². The van der Waals surface area contributed by atoms with Crippen LogP contribution in [-0.2, 0) is 25.5 Å². The van der Waals surface area contributed by atoms with E-state index in [0.717, 1.165) is 11.1 Å². The Labute approximate surface area is 257 Å². The molecule has 2 fully saturated rings. The van der Waals surface area contributed by atoms with E-state index in [2.05, 4.69) is 15.9 Å².